The van der Waals surface area contributed by atoms with E-state index in [4.69, 9.17) is 0 Å². The molecule has 0 saturated heterocycles. The summed E-state index contributed by atoms with van der Waals surface area (Å²) in [6.07, 6.45) is 4.10. The van der Waals surface area contributed by atoms with Gasteiger partial charge in [0.05, 0.1) is 12.2 Å². The fourth-order valence-corrected chi connectivity index (χ4v) is 5.22. The van der Waals surface area contributed by atoms with Crippen molar-refractivity contribution in [3.8, 4) is 5.69 Å². The lowest BCUT2D eigenvalue weighted by atomic mass is 9.92. The Bertz CT molecular complexity index is 1800. The summed E-state index contributed by atoms with van der Waals surface area (Å²) in [5.74, 6) is -1.80. The van der Waals surface area contributed by atoms with Crippen molar-refractivity contribution in [2.75, 3.05) is 13.6 Å². The van der Waals surface area contributed by atoms with Crippen molar-refractivity contribution in [1.29, 1.82) is 0 Å². The van der Waals surface area contributed by atoms with Crippen molar-refractivity contribution in [1.82, 2.24) is 34.0 Å². The maximum atomic E-state index is 14.8. The highest BCUT2D eigenvalue weighted by Crippen LogP contribution is 2.28. The number of halogens is 2. The quantitative estimate of drug-likeness (QED) is 0.236. The van der Waals surface area contributed by atoms with Gasteiger partial charge in [-0.25, -0.2) is 32.5 Å². The number of benzene rings is 3. The topological polar surface area (TPSA) is 111 Å². The number of likely N-dealkylation sites (N-methyl/N-ethyl adjacent to an activating group) is 1. The zero-order valence-corrected chi connectivity index (χ0v) is 24.0. The van der Waals surface area contributed by atoms with Crippen molar-refractivity contribution in [2.45, 2.75) is 39.1 Å². The minimum absolute atomic E-state index is 0.00210. The van der Waals surface area contributed by atoms with Crippen LogP contribution < -0.4 is 5.69 Å². The molecule has 1 N–H and O–H groups in total. The third-order valence-electron chi connectivity index (χ3n) is 7.23. The summed E-state index contributed by atoms with van der Waals surface area (Å²) in [5.41, 5.74) is 1.64. The normalized spacial score (nSPS) is 12.9. The first-order valence-corrected chi connectivity index (χ1v) is 13.6. The van der Waals surface area contributed by atoms with E-state index < -0.39 is 22.9 Å². The van der Waals surface area contributed by atoms with Gasteiger partial charge in [0.15, 0.2) is 5.78 Å². The van der Waals surface area contributed by atoms with Crippen LogP contribution in [0.3, 0.4) is 0 Å². The van der Waals surface area contributed by atoms with E-state index in [1.807, 2.05) is 38.1 Å². The van der Waals surface area contributed by atoms with Crippen LogP contribution in [0.25, 0.3) is 5.69 Å². The number of aryl methyl sites for hydroxylation is 2. The number of hydrogen-bond acceptors (Lipinski definition) is 7. The number of Topliss-reactive ketones (excluding diaryl/α,β-unsaturated/α-hetero) is 1. The molecule has 2 heterocycles. The van der Waals surface area contributed by atoms with Gasteiger partial charge in [0.1, 0.15) is 42.8 Å². The highest BCUT2D eigenvalue weighted by atomic mass is 19.1. The first-order chi connectivity index (χ1) is 20.5. The van der Waals surface area contributed by atoms with Gasteiger partial charge in [0.25, 0.3) is 0 Å². The Morgan fingerprint density at radius 1 is 1.00 bits per heavy atom. The molecule has 5 rings (SSSR count). The van der Waals surface area contributed by atoms with Gasteiger partial charge < -0.3 is 5.11 Å². The first kappa shape index (κ1) is 29.7. The lowest BCUT2D eigenvalue weighted by Crippen LogP contribution is -2.43. The number of carbonyl (C=O) groups excluding carboxylic acids is 1. The van der Waals surface area contributed by atoms with Crippen molar-refractivity contribution < 1.29 is 18.7 Å². The molecule has 3 aromatic carbocycles. The minimum atomic E-state index is -1.74. The molecule has 0 aliphatic rings. The summed E-state index contributed by atoms with van der Waals surface area (Å²) in [7, 11) is 1.77. The van der Waals surface area contributed by atoms with Gasteiger partial charge in [-0.3, -0.25) is 9.69 Å². The molecule has 0 bridgehead atoms. The Balaban J connectivity index is 1.29. The highest BCUT2D eigenvalue weighted by molar-refractivity contribution is 5.97. The van der Waals surface area contributed by atoms with Gasteiger partial charge in [-0.15, -0.1) is 0 Å². The van der Waals surface area contributed by atoms with Crippen molar-refractivity contribution in [3.05, 3.63) is 130 Å². The van der Waals surface area contributed by atoms with Crippen LogP contribution in [0.1, 0.15) is 32.6 Å². The fraction of sp³-hybridized carbons (Fsp3) is 0.258. The largest absolute Gasteiger partial charge is 0.382 e. The maximum absolute atomic E-state index is 14.8. The molecule has 0 aliphatic heterocycles. The SMILES string of the molecule is Cc1ccc(C(=O)Cn2ncn(-c3ccc(CN(C)CC(O)(Cn4cncn4)c4ccc(F)cc4F)cc3)c2=O)c(C)c1. The van der Waals surface area contributed by atoms with Crippen LogP contribution in [-0.2, 0) is 25.2 Å². The van der Waals surface area contributed by atoms with E-state index in [1.54, 1.807) is 30.1 Å². The smallest absolute Gasteiger partial charge is 0.350 e. The summed E-state index contributed by atoms with van der Waals surface area (Å²) in [6, 6.07) is 15.8. The molecule has 0 saturated carbocycles. The van der Waals surface area contributed by atoms with Crippen LogP contribution in [0.5, 0.6) is 0 Å². The fourth-order valence-electron chi connectivity index (χ4n) is 5.22. The van der Waals surface area contributed by atoms with Gasteiger partial charge in [-0.1, -0.05) is 42.0 Å². The van der Waals surface area contributed by atoms with Gasteiger partial charge in [-0.2, -0.15) is 10.2 Å². The van der Waals surface area contributed by atoms with E-state index >= 15 is 0 Å². The highest BCUT2D eigenvalue weighted by Gasteiger charge is 2.35. The second-order valence-corrected chi connectivity index (χ2v) is 10.8. The van der Waals surface area contributed by atoms with E-state index in [0.717, 1.165) is 33.5 Å². The predicted octanol–water partition coefficient (Wildman–Crippen LogP) is 3.42. The molecule has 0 aliphatic carbocycles. The number of ketones is 1. The molecule has 0 amide bonds. The minimum Gasteiger partial charge on any atom is -0.382 e. The molecule has 1 atom stereocenters. The Hall–Kier alpha value is -4.81. The molecular weight excluding hydrogens is 556 g/mol. The van der Waals surface area contributed by atoms with Crippen LogP contribution in [-0.4, -0.2) is 58.5 Å². The molecule has 222 valence electrons. The summed E-state index contributed by atoms with van der Waals surface area (Å²) < 4.78 is 32.2. The molecule has 2 aromatic heterocycles. The summed E-state index contributed by atoms with van der Waals surface area (Å²) in [6.45, 7) is 3.91. The van der Waals surface area contributed by atoms with Crippen LogP contribution in [0.15, 0.2) is 84.4 Å². The first-order valence-electron chi connectivity index (χ1n) is 13.6. The van der Waals surface area contributed by atoms with Crippen molar-refractivity contribution >= 4 is 5.78 Å². The Labute approximate surface area is 246 Å². The molecule has 0 spiro atoms. The van der Waals surface area contributed by atoms with Crippen molar-refractivity contribution in [2.24, 2.45) is 0 Å². The van der Waals surface area contributed by atoms with Crippen LogP contribution in [0, 0.1) is 25.5 Å². The number of nitrogens with zero attached hydrogens (tertiary/aromatic N) is 7. The molecule has 43 heavy (non-hydrogen) atoms. The number of hydrogen-bond donors (Lipinski definition) is 1. The average Bonchev–Trinajstić information content (AvgIpc) is 3.58. The zero-order valence-electron chi connectivity index (χ0n) is 24.0. The predicted molar refractivity (Wildman–Crippen MR) is 155 cm³/mol. The van der Waals surface area contributed by atoms with Gasteiger partial charge in [0.2, 0.25) is 0 Å². The van der Waals surface area contributed by atoms with Crippen molar-refractivity contribution in [3.63, 3.8) is 0 Å². The average molecular weight is 588 g/mol. The molecule has 5 aromatic rings. The third kappa shape index (κ3) is 6.65. The standard InChI is InChI=1S/C31H31F2N7O3/c1-21-4-10-26(22(2)12-21)29(41)15-40-30(42)39(20-36-40)25-8-5-23(6-9-25)14-37(3)16-31(43,17-38-19-34-18-35-38)27-11-7-24(32)13-28(27)33/h4-13,18-20,43H,14-17H2,1-3H3. The monoisotopic (exact) mass is 587 g/mol. The summed E-state index contributed by atoms with van der Waals surface area (Å²) >= 11 is 0. The van der Waals surface area contributed by atoms with Gasteiger partial charge in [0, 0.05) is 30.3 Å². The van der Waals surface area contributed by atoms with Gasteiger partial charge >= 0.3 is 5.69 Å². The van der Waals surface area contributed by atoms with Gasteiger partial charge in [-0.05, 0) is 50.2 Å². The zero-order chi connectivity index (χ0) is 30.7. The molecular formula is C31H31F2N7O3. The van der Waals surface area contributed by atoms with E-state index in [-0.39, 0.29) is 31.0 Å². The molecule has 0 radical (unpaired) electrons. The summed E-state index contributed by atoms with van der Waals surface area (Å²) in [5, 5.41) is 19.8. The lowest BCUT2D eigenvalue weighted by molar-refractivity contribution is -0.0175. The second kappa shape index (κ2) is 12.2. The summed E-state index contributed by atoms with van der Waals surface area (Å²) in [4.78, 5) is 31.5. The number of aromatic nitrogens is 6. The number of aliphatic hydroxyl groups is 1. The molecule has 10 nitrogen and oxygen atoms in total. The van der Waals surface area contributed by atoms with E-state index in [0.29, 0.717) is 17.8 Å². The Morgan fingerprint density at radius 2 is 1.77 bits per heavy atom. The second-order valence-electron chi connectivity index (χ2n) is 10.8. The number of rotatable bonds is 11. The maximum Gasteiger partial charge on any atom is 0.350 e. The van der Waals surface area contributed by atoms with E-state index in [9.17, 15) is 23.5 Å². The van der Waals surface area contributed by atoms with E-state index in [2.05, 4.69) is 15.2 Å². The van der Waals surface area contributed by atoms with Crippen LogP contribution in [0.2, 0.25) is 0 Å². The molecule has 0 fully saturated rings. The third-order valence-corrected chi connectivity index (χ3v) is 7.23. The van der Waals surface area contributed by atoms with Crippen LogP contribution in [0.4, 0.5) is 8.78 Å². The van der Waals surface area contributed by atoms with E-state index in [1.165, 1.54) is 34.3 Å². The molecule has 1 unspecified atom stereocenters. The number of carbonyl (C=O) groups is 1. The van der Waals surface area contributed by atoms with Crippen LogP contribution >= 0.6 is 0 Å². The molecule has 12 heteroatoms. The Kier molecular flexibility index (Phi) is 8.42. The Morgan fingerprint density at radius 3 is 2.44 bits per heavy atom. The lowest BCUT2D eigenvalue weighted by Gasteiger charge is -2.33.